The first-order chi connectivity index (χ1) is 7.84. The highest BCUT2D eigenvalue weighted by Gasteiger charge is 1.95. The summed E-state index contributed by atoms with van der Waals surface area (Å²) in [5.41, 5.74) is 1.09. The Labute approximate surface area is 104 Å². The standard InChI is InChI=1S/C11H12ClN3S/c12-9-1-3-10(4-2-9)13-7-8-16-11-14-5-6-15-11/h1-6,13H,7-8H2,(H,14,15). The predicted octanol–water partition coefficient (Wildman–Crippen LogP) is 3.27. The van der Waals surface area contributed by atoms with Gasteiger partial charge in [0.2, 0.25) is 0 Å². The van der Waals surface area contributed by atoms with Crippen molar-refractivity contribution in [1.29, 1.82) is 0 Å². The van der Waals surface area contributed by atoms with Crippen molar-refractivity contribution >= 4 is 29.1 Å². The van der Waals surface area contributed by atoms with Gasteiger partial charge in [0.15, 0.2) is 5.16 Å². The summed E-state index contributed by atoms with van der Waals surface area (Å²) in [6, 6.07) is 7.70. The number of thioether (sulfide) groups is 1. The first-order valence-corrected chi connectivity index (χ1v) is 6.32. The number of aromatic nitrogens is 2. The number of aromatic amines is 1. The molecule has 0 unspecified atom stereocenters. The summed E-state index contributed by atoms with van der Waals surface area (Å²) >= 11 is 7.49. The van der Waals surface area contributed by atoms with Crippen LogP contribution in [-0.4, -0.2) is 22.3 Å². The Hall–Kier alpha value is -1.13. The quantitative estimate of drug-likeness (QED) is 0.635. The fraction of sp³-hybridized carbons (Fsp3) is 0.182. The van der Waals surface area contributed by atoms with E-state index in [2.05, 4.69) is 15.3 Å². The zero-order chi connectivity index (χ0) is 11.2. The fourth-order valence-electron chi connectivity index (χ4n) is 1.24. The molecule has 0 amide bonds. The molecule has 2 N–H and O–H groups in total. The zero-order valence-corrected chi connectivity index (χ0v) is 10.2. The van der Waals surface area contributed by atoms with Gasteiger partial charge in [0.05, 0.1) is 0 Å². The molecule has 1 aromatic carbocycles. The largest absolute Gasteiger partial charge is 0.384 e. The molecule has 0 spiro atoms. The number of rotatable bonds is 5. The van der Waals surface area contributed by atoms with Crippen molar-refractivity contribution in [2.45, 2.75) is 5.16 Å². The second-order valence-electron chi connectivity index (χ2n) is 3.18. The molecule has 16 heavy (non-hydrogen) atoms. The number of benzene rings is 1. The molecule has 0 aliphatic carbocycles. The molecule has 84 valence electrons. The summed E-state index contributed by atoms with van der Waals surface area (Å²) in [4.78, 5) is 7.18. The maximum Gasteiger partial charge on any atom is 0.165 e. The van der Waals surface area contributed by atoms with E-state index in [0.717, 1.165) is 28.2 Å². The van der Waals surface area contributed by atoms with Gasteiger partial charge in [-0.05, 0) is 24.3 Å². The van der Waals surface area contributed by atoms with E-state index in [-0.39, 0.29) is 0 Å². The number of halogens is 1. The Morgan fingerprint density at radius 1 is 1.31 bits per heavy atom. The van der Waals surface area contributed by atoms with Gasteiger partial charge in [0.25, 0.3) is 0 Å². The Balaban J connectivity index is 1.70. The van der Waals surface area contributed by atoms with Crippen molar-refractivity contribution in [2.24, 2.45) is 0 Å². The molecule has 0 aliphatic heterocycles. The molecular weight excluding hydrogens is 242 g/mol. The van der Waals surface area contributed by atoms with Crippen LogP contribution in [-0.2, 0) is 0 Å². The highest BCUT2D eigenvalue weighted by atomic mass is 35.5. The van der Waals surface area contributed by atoms with Gasteiger partial charge in [0.1, 0.15) is 0 Å². The lowest BCUT2D eigenvalue weighted by molar-refractivity contribution is 1.05. The first kappa shape index (κ1) is 11.4. The van der Waals surface area contributed by atoms with E-state index in [1.165, 1.54) is 0 Å². The van der Waals surface area contributed by atoms with Crippen molar-refractivity contribution < 1.29 is 0 Å². The minimum atomic E-state index is 0.760. The topological polar surface area (TPSA) is 40.7 Å². The summed E-state index contributed by atoms with van der Waals surface area (Å²) in [5, 5.41) is 5.03. The molecule has 0 atom stereocenters. The second kappa shape index (κ2) is 5.82. The molecule has 0 radical (unpaired) electrons. The maximum atomic E-state index is 5.80. The maximum absolute atomic E-state index is 5.80. The third kappa shape index (κ3) is 3.47. The van der Waals surface area contributed by atoms with Gasteiger partial charge in [-0.2, -0.15) is 0 Å². The Morgan fingerprint density at radius 3 is 2.81 bits per heavy atom. The molecule has 0 saturated heterocycles. The Morgan fingerprint density at radius 2 is 2.12 bits per heavy atom. The smallest absolute Gasteiger partial charge is 0.165 e. The van der Waals surface area contributed by atoms with E-state index in [1.807, 2.05) is 30.5 Å². The van der Waals surface area contributed by atoms with Gasteiger partial charge in [-0.15, -0.1) is 0 Å². The van der Waals surface area contributed by atoms with Gasteiger partial charge >= 0.3 is 0 Å². The van der Waals surface area contributed by atoms with E-state index in [1.54, 1.807) is 18.0 Å². The van der Waals surface area contributed by atoms with Crippen LogP contribution in [0.2, 0.25) is 5.02 Å². The van der Waals surface area contributed by atoms with Gasteiger partial charge in [0, 0.05) is 35.4 Å². The number of H-pyrrole nitrogens is 1. The van der Waals surface area contributed by atoms with Crippen LogP contribution >= 0.6 is 23.4 Å². The molecule has 0 fully saturated rings. The number of anilines is 1. The van der Waals surface area contributed by atoms with Crippen LogP contribution in [0.3, 0.4) is 0 Å². The fourth-order valence-corrected chi connectivity index (χ4v) is 2.05. The van der Waals surface area contributed by atoms with Crippen LogP contribution in [0.1, 0.15) is 0 Å². The molecule has 1 aromatic heterocycles. The third-order valence-corrected chi connectivity index (χ3v) is 3.14. The monoisotopic (exact) mass is 253 g/mol. The minimum Gasteiger partial charge on any atom is -0.384 e. The molecule has 0 aliphatic rings. The van der Waals surface area contributed by atoms with E-state index in [9.17, 15) is 0 Å². The predicted molar refractivity (Wildman–Crippen MR) is 69.3 cm³/mol. The molecule has 0 saturated carbocycles. The van der Waals surface area contributed by atoms with Crippen LogP contribution in [0, 0.1) is 0 Å². The van der Waals surface area contributed by atoms with Crippen LogP contribution in [0.4, 0.5) is 5.69 Å². The number of hydrogen-bond acceptors (Lipinski definition) is 3. The lowest BCUT2D eigenvalue weighted by Crippen LogP contribution is -2.03. The van der Waals surface area contributed by atoms with Crippen LogP contribution in [0.15, 0.2) is 41.8 Å². The summed E-state index contributed by atoms with van der Waals surface area (Å²) in [6.45, 7) is 0.896. The number of nitrogens with one attached hydrogen (secondary N) is 2. The van der Waals surface area contributed by atoms with E-state index in [4.69, 9.17) is 11.6 Å². The number of imidazole rings is 1. The molecule has 2 rings (SSSR count). The highest BCUT2D eigenvalue weighted by molar-refractivity contribution is 7.99. The van der Waals surface area contributed by atoms with Gasteiger partial charge < -0.3 is 10.3 Å². The average Bonchev–Trinajstić information content (AvgIpc) is 2.80. The normalized spacial score (nSPS) is 10.3. The molecular formula is C11H12ClN3S. The zero-order valence-electron chi connectivity index (χ0n) is 8.61. The summed E-state index contributed by atoms with van der Waals surface area (Å²) in [5.74, 6) is 0.968. The van der Waals surface area contributed by atoms with Gasteiger partial charge in [-0.25, -0.2) is 4.98 Å². The van der Waals surface area contributed by atoms with E-state index >= 15 is 0 Å². The molecule has 1 heterocycles. The molecule has 3 nitrogen and oxygen atoms in total. The number of nitrogens with zero attached hydrogens (tertiary/aromatic N) is 1. The minimum absolute atomic E-state index is 0.760. The first-order valence-electron chi connectivity index (χ1n) is 4.96. The average molecular weight is 254 g/mol. The Bertz CT molecular complexity index is 413. The van der Waals surface area contributed by atoms with Crippen LogP contribution in [0.5, 0.6) is 0 Å². The molecule has 2 aromatic rings. The second-order valence-corrected chi connectivity index (χ2v) is 4.70. The SMILES string of the molecule is Clc1ccc(NCCSc2ncc[nH]2)cc1. The lowest BCUT2D eigenvalue weighted by atomic mass is 10.3. The summed E-state index contributed by atoms with van der Waals surface area (Å²) in [7, 11) is 0. The molecule has 0 bridgehead atoms. The Kier molecular flexibility index (Phi) is 4.13. The van der Waals surface area contributed by atoms with Crippen molar-refractivity contribution in [2.75, 3.05) is 17.6 Å². The van der Waals surface area contributed by atoms with Crippen molar-refractivity contribution in [3.8, 4) is 0 Å². The number of hydrogen-bond donors (Lipinski definition) is 2. The molecule has 5 heteroatoms. The van der Waals surface area contributed by atoms with Crippen molar-refractivity contribution in [3.63, 3.8) is 0 Å². The van der Waals surface area contributed by atoms with Gasteiger partial charge in [-0.3, -0.25) is 0 Å². The highest BCUT2D eigenvalue weighted by Crippen LogP contribution is 2.14. The van der Waals surface area contributed by atoms with Crippen molar-refractivity contribution in [3.05, 3.63) is 41.7 Å². The lowest BCUT2D eigenvalue weighted by Gasteiger charge is -2.04. The van der Waals surface area contributed by atoms with Crippen LogP contribution in [0.25, 0.3) is 0 Å². The van der Waals surface area contributed by atoms with Crippen LogP contribution < -0.4 is 5.32 Å². The van der Waals surface area contributed by atoms with E-state index in [0.29, 0.717) is 0 Å². The van der Waals surface area contributed by atoms with E-state index < -0.39 is 0 Å². The summed E-state index contributed by atoms with van der Waals surface area (Å²) in [6.07, 6.45) is 3.59. The summed E-state index contributed by atoms with van der Waals surface area (Å²) < 4.78 is 0. The van der Waals surface area contributed by atoms with Gasteiger partial charge in [-0.1, -0.05) is 23.4 Å². The third-order valence-electron chi connectivity index (χ3n) is 1.99. The van der Waals surface area contributed by atoms with Crippen molar-refractivity contribution in [1.82, 2.24) is 9.97 Å².